The summed E-state index contributed by atoms with van der Waals surface area (Å²) in [7, 11) is -0.649. The highest BCUT2D eigenvalue weighted by atomic mass is 16.2. The number of hydrogen-bond donors (Lipinski definition) is 4. The second-order valence-electron chi connectivity index (χ2n) is 9.08. The predicted molar refractivity (Wildman–Crippen MR) is 114 cm³/mol. The molecule has 9 nitrogen and oxygen atoms in total. The number of aromatic nitrogens is 2. The molecule has 4 rings (SSSR count). The average molecular weight is 416 g/mol. The number of piperazine rings is 1. The highest BCUT2D eigenvalue weighted by molar-refractivity contribution is 6.45. The lowest BCUT2D eigenvalue weighted by Gasteiger charge is -2.41. The maximum Gasteiger partial charge on any atom is 0.376 e. The van der Waals surface area contributed by atoms with Gasteiger partial charge in [0.2, 0.25) is 5.91 Å². The van der Waals surface area contributed by atoms with Crippen molar-refractivity contribution in [1.82, 2.24) is 30.3 Å². The molecule has 1 saturated heterocycles. The summed E-state index contributed by atoms with van der Waals surface area (Å²) in [5, 5.41) is 16.2. The zero-order chi connectivity index (χ0) is 21.1. The number of carbonyl (C=O) groups excluding carboxylic acids is 2. The first kappa shape index (κ1) is 21.2. The van der Waals surface area contributed by atoms with Crippen LogP contribution in [0.2, 0.25) is 6.82 Å². The third-order valence-corrected chi connectivity index (χ3v) is 6.96. The van der Waals surface area contributed by atoms with Crippen molar-refractivity contribution in [3.05, 3.63) is 18.2 Å². The fourth-order valence-corrected chi connectivity index (χ4v) is 4.73. The summed E-state index contributed by atoms with van der Waals surface area (Å²) in [5.41, 5.74) is 0.976. The Hall–Kier alpha value is -2.07. The molecule has 1 aromatic heterocycles. The minimum atomic E-state index is -0.649. The number of nitrogens with zero attached hydrogens (tertiary/aromatic N) is 3. The van der Waals surface area contributed by atoms with E-state index in [4.69, 9.17) is 0 Å². The summed E-state index contributed by atoms with van der Waals surface area (Å²) in [6, 6.07) is -0.587. The third-order valence-electron chi connectivity index (χ3n) is 6.96. The fourth-order valence-electron chi connectivity index (χ4n) is 4.73. The van der Waals surface area contributed by atoms with E-state index >= 15 is 0 Å². The van der Waals surface area contributed by atoms with Gasteiger partial charge in [-0.2, -0.15) is 0 Å². The molecule has 2 heterocycles. The van der Waals surface area contributed by atoms with E-state index in [2.05, 4.69) is 20.6 Å². The van der Waals surface area contributed by atoms with Gasteiger partial charge in [-0.15, -0.1) is 0 Å². The zero-order valence-corrected chi connectivity index (χ0v) is 17.8. The van der Waals surface area contributed by atoms with Gasteiger partial charge in [0.25, 0.3) is 0 Å². The van der Waals surface area contributed by atoms with Crippen molar-refractivity contribution < 1.29 is 14.6 Å². The summed E-state index contributed by atoms with van der Waals surface area (Å²) in [5.74, 6) is -0.162. The van der Waals surface area contributed by atoms with Crippen LogP contribution < -0.4 is 10.6 Å². The molecule has 3 aliphatic rings. The molecule has 1 atom stereocenters. The molecular weight excluding hydrogens is 383 g/mol. The number of hydrogen-bond acceptors (Lipinski definition) is 5. The van der Waals surface area contributed by atoms with Crippen molar-refractivity contribution in [3.63, 3.8) is 0 Å². The Morgan fingerprint density at radius 1 is 1.30 bits per heavy atom. The number of imidazole rings is 1. The molecule has 1 aromatic rings. The van der Waals surface area contributed by atoms with Crippen LogP contribution in [0.25, 0.3) is 0 Å². The molecule has 0 radical (unpaired) electrons. The molecule has 10 heteroatoms. The molecule has 3 amide bonds. The molecule has 0 spiro atoms. The maximum atomic E-state index is 13.2. The maximum absolute atomic E-state index is 13.2. The van der Waals surface area contributed by atoms with Crippen LogP contribution in [-0.4, -0.2) is 82.0 Å². The van der Waals surface area contributed by atoms with Gasteiger partial charge in [0.05, 0.1) is 6.33 Å². The van der Waals surface area contributed by atoms with Crippen LogP contribution in [0.4, 0.5) is 4.79 Å². The molecule has 2 aliphatic carbocycles. The minimum absolute atomic E-state index is 0.0695. The van der Waals surface area contributed by atoms with E-state index in [0.29, 0.717) is 26.2 Å². The topological polar surface area (TPSA) is 114 Å². The van der Waals surface area contributed by atoms with Crippen LogP contribution in [-0.2, 0) is 10.2 Å². The minimum Gasteiger partial charge on any atom is -0.437 e. The van der Waals surface area contributed by atoms with Gasteiger partial charge in [0, 0.05) is 49.5 Å². The van der Waals surface area contributed by atoms with Crippen molar-refractivity contribution in [2.24, 2.45) is 0 Å². The van der Waals surface area contributed by atoms with Gasteiger partial charge in [0.1, 0.15) is 6.04 Å². The molecule has 30 heavy (non-hydrogen) atoms. The van der Waals surface area contributed by atoms with Crippen molar-refractivity contribution >= 4 is 19.0 Å². The number of carbonyl (C=O) groups is 2. The highest BCUT2D eigenvalue weighted by Gasteiger charge is 2.46. The summed E-state index contributed by atoms with van der Waals surface area (Å²) in [4.78, 5) is 36.9. The lowest BCUT2D eigenvalue weighted by Crippen LogP contribution is -2.65. The monoisotopic (exact) mass is 416 g/mol. The van der Waals surface area contributed by atoms with E-state index < -0.39 is 13.1 Å². The first-order valence-corrected chi connectivity index (χ1v) is 11.2. The van der Waals surface area contributed by atoms with E-state index in [-0.39, 0.29) is 23.4 Å². The van der Waals surface area contributed by atoms with Gasteiger partial charge in [-0.1, -0.05) is 19.3 Å². The standard InChI is InChI=1S/C20H33BN6O3/c1-21(30)26-9-10-27(19(29)25-15-5-3-2-4-6-15)16(12-26)18(28)23-13-20(7-8-20)17-11-22-14-24-17/h11,14-16,30H,2-10,12-13H2,1H3,(H,22,24)(H,23,28)(H,25,29)/t16-/m1/s1. The summed E-state index contributed by atoms with van der Waals surface area (Å²) >= 11 is 0. The van der Waals surface area contributed by atoms with Crippen LogP contribution in [0.1, 0.15) is 50.6 Å². The van der Waals surface area contributed by atoms with Crippen molar-refractivity contribution in [2.45, 2.75) is 69.3 Å². The summed E-state index contributed by atoms with van der Waals surface area (Å²) in [6.07, 6.45) is 11.0. The molecule has 0 aromatic carbocycles. The Kier molecular flexibility index (Phi) is 6.33. The molecule has 164 valence electrons. The zero-order valence-electron chi connectivity index (χ0n) is 17.8. The van der Waals surface area contributed by atoms with Crippen LogP contribution in [0.3, 0.4) is 0 Å². The second kappa shape index (κ2) is 8.97. The highest BCUT2D eigenvalue weighted by Crippen LogP contribution is 2.46. The van der Waals surface area contributed by atoms with Crippen LogP contribution >= 0.6 is 0 Å². The largest absolute Gasteiger partial charge is 0.437 e. The molecule has 0 bridgehead atoms. The molecule has 4 N–H and O–H groups in total. The van der Waals surface area contributed by atoms with E-state index in [1.165, 1.54) is 6.42 Å². The SMILES string of the molecule is CB(O)N1CCN(C(=O)NC2CCCCC2)[C@@H](C(=O)NCC2(c3cnc[nH]3)CC2)C1. The Morgan fingerprint density at radius 3 is 2.70 bits per heavy atom. The van der Waals surface area contributed by atoms with Gasteiger partial charge < -0.3 is 30.4 Å². The Bertz CT molecular complexity index is 733. The third kappa shape index (κ3) is 4.64. The fraction of sp³-hybridized carbons (Fsp3) is 0.750. The van der Waals surface area contributed by atoms with E-state index in [9.17, 15) is 14.6 Å². The second-order valence-corrected chi connectivity index (χ2v) is 9.08. The van der Waals surface area contributed by atoms with Crippen LogP contribution in [0.15, 0.2) is 12.5 Å². The molecule has 2 saturated carbocycles. The molecule has 0 unspecified atom stereocenters. The Labute approximate surface area is 178 Å². The first-order valence-electron chi connectivity index (χ1n) is 11.2. The van der Waals surface area contributed by atoms with Crippen molar-refractivity contribution in [1.29, 1.82) is 0 Å². The van der Waals surface area contributed by atoms with E-state index in [1.807, 2.05) is 11.0 Å². The molecule has 1 aliphatic heterocycles. The average Bonchev–Trinajstić information content (AvgIpc) is 3.34. The molecule has 3 fully saturated rings. The predicted octanol–water partition coefficient (Wildman–Crippen LogP) is 0.696. The van der Waals surface area contributed by atoms with E-state index in [1.54, 1.807) is 18.1 Å². The lowest BCUT2D eigenvalue weighted by molar-refractivity contribution is -0.127. The quantitative estimate of drug-likeness (QED) is 0.510. The Morgan fingerprint density at radius 2 is 2.07 bits per heavy atom. The lowest BCUT2D eigenvalue weighted by atomic mass is 9.83. The van der Waals surface area contributed by atoms with Gasteiger partial charge in [0.15, 0.2) is 0 Å². The van der Waals surface area contributed by atoms with Gasteiger partial charge in [-0.3, -0.25) is 4.79 Å². The number of nitrogens with one attached hydrogen (secondary N) is 3. The smallest absolute Gasteiger partial charge is 0.376 e. The normalized spacial score (nSPS) is 24.3. The summed E-state index contributed by atoms with van der Waals surface area (Å²) < 4.78 is 0. The van der Waals surface area contributed by atoms with Crippen LogP contribution in [0.5, 0.6) is 0 Å². The number of aromatic amines is 1. The first-order chi connectivity index (χ1) is 14.5. The van der Waals surface area contributed by atoms with Crippen LogP contribution in [0, 0.1) is 0 Å². The Balaban J connectivity index is 1.40. The van der Waals surface area contributed by atoms with Gasteiger partial charge in [-0.25, -0.2) is 9.78 Å². The number of amides is 3. The number of H-pyrrole nitrogens is 1. The van der Waals surface area contributed by atoms with Gasteiger partial charge in [-0.05, 0) is 32.5 Å². The van der Waals surface area contributed by atoms with E-state index in [0.717, 1.165) is 44.2 Å². The van der Waals surface area contributed by atoms with Gasteiger partial charge >= 0.3 is 13.1 Å². The number of urea groups is 1. The van der Waals surface area contributed by atoms with Crippen molar-refractivity contribution in [2.75, 3.05) is 26.2 Å². The number of rotatable bonds is 6. The van der Waals surface area contributed by atoms with Crippen molar-refractivity contribution in [3.8, 4) is 0 Å². The molecular formula is C20H33BN6O3. The summed E-state index contributed by atoms with van der Waals surface area (Å²) in [6.45, 7) is 3.53.